The Morgan fingerprint density at radius 1 is 1.28 bits per heavy atom. The molecule has 7 heteroatoms. The normalized spacial score (nSPS) is 15.1. The van der Waals surface area contributed by atoms with Crippen LogP contribution in [0.25, 0.3) is 11.0 Å². The van der Waals surface area contributed by atoms with E-state index in [1.807, 2.05) is 10.6 Å². The Bertz CT molecular complexity index is 774. The lowest BCUT2D eigenvalue weighted by Crippen LogP contribution is -2.33. The highest BCUT2D eigenvalue weighted by Crippen LogP contribution is 2.30. The first-order chi connectivity index (χ1) is 12.2. The first-order valence-corrected chi connectivity index (χ1v) is 8.93. The van der Waals surface area contributed by atoms with E-state index in [2.05, 4.69) is 15.6 Å². The number of aromatic nitrogens is 2. The van der Waals surface area contributed by atoms with E-state index in [-0.39, 0.29) is 17.6 Å². The molecule has 7 nitrogen and oxygen atoms in total. The Morgan fingerprint density at radius 2 is 2.08 bits per heavy atom. The lowest BCUT2D eigenvalue weighted by atomic mass is 10.1. The van der Waals surface area contributed by atoms with Crippen LogP contribution in [0.5, 0.6) is 0 Å². The van der Waals surface area contributed by atoms with E-state index in [0.717, 1.165) is 30.4 Å². The molecule has 1 aliphatic carbocycles. The molecule has 1 saturated carbocycles. The smallest absolute Gasteiger partial charge is 0.326 e. The maximum absolute atomic E-state index is 12.3. The zero-order valence-electron chi connectivity index (χ0n) is 14.6. The van der Waals surface area contributed by atoms with Gasteiger partial charge in [-0.1, -0.05) is 12.8 Å². The molecule has 3 rings (SSSR count). The van der Waals surface area contributed by atoms with Gasteiger partial charge in [0, 0.05) is 38.3 Å². The molecule has 1 amide bonds. The molecule has 1 heterocycles. The van der Waals surface area contributed by atoms with Gasteiger partial charge in [-0.15, -0.1) is 0 Å². The lowest BCUT2D eigenvalue weighted by molar-refractivity contribution is 0.0954. The number of amides is 1. The number of ether oxygens (including phenoxy) is 1. The molecule has 3 N–H and O–H groups in total. The molecule has 2 aromatic rings. The first kappa shape index (κ1) is 17.7. The summed E-state index contributed by atoms with van der Waals surface area (Å²) < 4.78 is 6.80. The van der Waals surface area contributed by atoms with Gasteiger partial charge in [0.15, 0.2) is 0 Å². The van der Waals surface area contributed by atoms with Crippen molar-refractivity contribution in [1.82, 2.24) is 20.2 Å². The van der Waals surface area contributed by atoms with Gasteiger partial charge in [-0.3, -0.25) is 9.36 Å². The Kier molecular flexibility index (Phi) is 5.88. The van der Waals surface area contributed by atoms with Crippen molar-refractivity contribution in [3.8, 4) is 0 Å². The zero-order chi connectivity index (χ0) is 17.6. The lowest BCUT2D eigenvalue weighted by Gasteiger charge is -2.11. The summed E-state index contributed by atoms with van der Waals surface area (Å²) in [7, 11) is 1.66. The van der Waals surface area contributed by atoms with Gasteiger partial charge in [0.1, 0.15) is 0 Å². The summed E-state index contributed by atoms with van der Waals surface area (Å²) in [6, 6.07) is 5.70. The Labute approximate surface area is 146 Å². The molecule has 1 aromatic carbocycles. The number of H-pyrrole nitrogens is 1. The number of fused-ring (bicyclic) bond motifs is 1. The highest BCUT2D eigenvalue weighted by Gasteiger charge is 2.21. The van der Waals surface area contributed by atoms with E-state index >= 15 is 0 Å². The Balaban J connectivity index is 1.65. The molecule has 1 aromatic heterocycles. The maximum atomic E-state index is 12.3. The average Bonchev–Trinajstić information content (AvgIpc) is 3.23. The third kappa shape index (κ3) is 4.11. The van der Waals surface area contributed by atoms with Crippen LogP contribution in [-0.4, -0.2) is 48.8 Å². The van der Waals surface area contributed by atoms with Crippen LogP contribution in [0, 0.1) is 0 Å². The van der Waals surface area contributed by atoms with Crippen molar-refractivity contribution in [2.24, 2.45) is 0 Å². The molecule has 1 fully saturated rings. The number of aromatic amines is 1. The van der Waals surface area contributed by atoms with Gasteiger partial charge < -0.3 is 20.4 Å². The molecule has 0 saturated heterocycles. The monoisotopic (exact) mass is 346 g/mol. The number of nitrogens with one attached hydrogen (secondary N) is 3. The molecule has 0 radical (unpaired) electrons. The third-order valence-corrected chi connectivity index (χ3v) is 4.74. The van der Waals surface area contributed by atoms with E-state index in [0.29, 0.717) is 25.3 Å². The minimum Gasteiger partial charge on any atom is -0.383 e. The van der Waals surface area contributed by atoms with Crippen LogP contribution in [0.2, 0.25) is 0 Å². The predicted molar refractivity (Wildman–Crippen MR) is 97.1 cm³/mol. The van der Waals surface area contributed by atoms with E-state index in [1.54, 1.807) is 19.2 Å². The summed E-state index contributed by atoms with van der Waals surface area (Å²) in [5.41, 5.74) is 2.09. The molecule has 136 valence electrons. The summed E-state index contributed by atoms with van der Waals surface area (Å²) in [6.07, 6.45) is 4.43. The van der Waals surface area contributed by atoms with Gasteiger partial charge in [0.2, 0.25) is 0 Å². The van der Waals surface area contributed by atoms with Crippen molar-refractivity contribution in [3.05, 3.63) is 34.2 Å². The average molecular weight is 346 g/mol. The quantitative estimate of drug-likeness (QED) is 0.631. The first-order valence-electron chi connectivity index (χ1n) is 8.93. The zero-order valence-corrected chi connectivity index (χ0v) is 14.6. The second-order valence-electron chi connectivity index (χ2n) is 6.47. The van der Waals surface area contributed by atoms with Crippen LogP contribution in [0.15, 0.2) is 23.0 Å². The van der Waals surface area contributed by atoms with Gasteiger partial charge in [-0.05, 0) is 31.0 Å². The molecular weight excluding hydrogens is 320 g/mol. The van der Waals surface area contributed by atoms with Crippen molar-refractivity contribution in [2.75, 3.05) is 33.4 Å². The van der Waals surface area contributed by atoms with Crippen LogP contribution in [0.1, 0.15) is 42.1 Å². The summed E-state index contributed by atoms with van der Waals surface area (Å²) in [4.78, 5) is 27.4. The largest absolute Gasteiger partial charge is 0.383 e. The van der Waals surface area contributed by atoms with E-state index in [4.69, 9.17) is 4.74 Å². The number of carbonyl (C=O) groups is 1. The molecule has 1 aliphatic rings. The summed E-state index contributed by atoms with van der Waals surface area (Å²) in [5.74, 6) is -0.134. The SMILES string of the molecule is COCCNCCNC(=O)c1ccc2c(c1)[nH]c(=O)n2C1CCCC1. The van der Waals surface area contributed by atoms with Gasteiger partial charge in [0.25, 0.3) is 5.91 Å². The molecule has 25 heavy (non-hydrogen) atoms. The Hall–Kier alpha value is -2.12. The van der Waals surface area contributed by atoms with Gasteiger partial charge >= 0.3 is 5.69 Å². The fraction of sp³-hybridized carbons (Fsp3) is 0.556. The van der Waals surface area contributed by atoms with Crippen molar-refractivity contribution < 1.29 is 9.53 Å². The minimum atomic E-state index is -0.134. The van der Waals surface area contributed by atoms with E-state index in [1.165, 1.54) is 12.8 Å². The van der Waals surface area contributed by atoms with Crippen molar-refractivity contribution in [2.45, 2.75) is 31.7 Å². The predicted octanol–water partition coefficient (Wildman–Crippen LogP) is 1.41. The molecular formula is C18H26N4O3. The molecule has 0 atom stereocenters. The van der Waals surface area contributed by atoms with Crippen LogP contribution in [-0.2, 0) is 4.74 Å². The summed E-state index contributed by atoms with van der Waals surface area (Å²) in [5, 5.41) is 6.05. The second-order valence-corrected chi connectivity index (χ2v) is 6.47. The topological polar surface area (TPSA) is 88.2 Å². The van der Waals surface area contributed by atoms with Crippen LogP contribution in [0.4, 0.5) is 0 Å². The number of rotatable bonds is 8. The number of hydrogen-bond acceptors (Lipinski definition) is 4. The molecule has 0 unspecified atom stereocenters. The number of methoxy groups -OCH3 is 1. The number of carbonyl (C=O) groups excluding carboxylic acids is 1. The fourth-order valence-corrected chi connectivity index (χ4v) is 3.46. The van der Waals surface area contributed by atoms with E-state index < -0.39 is 0 Å². The van der Waals surface area contributed by atoms with E-state index in [9.17, 15) is 9.59 Å². The summed E-state index contributed by atoms with van der Waals surface area (Å²) >= 11 is 0. The number of nitrogens with zero attached hydrogens (tertiary/aromatic N) is 1. The molecule has 0 spiro atoms. The van der Waals surface area contributed by atoms with Crippen LogP contribution < -0.4 is 16.3 Å². The second kappa shape index (κ2) is 8.31. The van der Waals surface area contributed by atoms with Crippen LogP contribution in [0.3, 0.4) is 0 Å². The van der Waals surface area contributed by atoms with Crippen LogP contribution >= 0.6 is 0 Å². The van der Waals surface area contributed by atoms with Crippen molar-refractivity contribution >= 4 is 16.9 Å². The number of imidazole rings is 1. The van der Waals surface area contributed by atoms with Gasteiger partial charge in [-0.2, -0.15) is 0 Å². The fourth-order valence-electron chi connectivity index (χ4n) is 3.46. The number of benzene rings is 1. The number of hydrogen-bond donors (Lipinski definition) is 3. The third-order valence-electron chi connectivity index (χ3n) is 4.74. The highest BCUT2D eigenvalue weighted by molar-refractivity contribution is 5.97. The van der Waals surface area contributed by atoms with Crippen molar-refractivity contribution in [1.29, 1.82) is 0 Å². The van der Waals surface area contributed by atoms with Crippen molar-refractivity contribution in [3.63, 3.8) is 0 Å². The van der Waals surface area contributed by atoms with Gasteiger partial charge in [-0.25, -0.2) is 4.79 Å². The standard InChI is InChI=1S/C18H26N4O3/c1-25-11-10-19-8-9-20-17(23)13-6-7-16-15(12-13)21-18(24)22(16)14-4-2-3-5-14/h6-7,12,14,19H,2-5,8-11H2,1H3,(H,20,23)(H,21,24). The minimum absolute atomic E-state index is 0.0817. The highest BCUT2D eigenvalue weighted by atomic mass is 16.5. The van der Waals surface area contributed by atoms with Gasteiger partial charge in [0.05, 0.1) is 17.6 Å². The molecule has 0 aliphatic heterocycles. The summed E-state index contributed by atoms with van der Waals surface area (Å²) in [6.45, 7) is 2.64. The Morgan fingerprint density at radius 3 is 2.84 bits per heavy atom. The maximum Gasteiger partial charge on any atom is 0.326 e. The molecule has 0 bridgehead atoms.